The number of carbonyl (C=O) groups is 1. The van der Waals surface area contributed by atoms with Gasteiger partial charge in [-0.25, -0.2) is 9.37 Å². The monoisotopic (exact) mass is 475 g/mol. The summed E-state index contributed by atoms with van der Waals surface area (Å²) in [6, 6.07) is 4.16. The summed E-state index contributed by atoms with van der Waals surface area (Å²) in [7, 11) is 0. The molecule has 1 saturated heterocycles. The van der Waals surface area contributed by atoms with Crippen LogP contribution in [-0.4, -0.2) is 38.8 Å². The highest BCUT2D eigenvalue weighted by Crippen LogP contribution is 2.45. The van der Waals surface area contributed by atoms with E-state index in [0.717, 1.165) is 37.1 Å². The summed E-state index contributed by atoms with van der Waals surface area (Å²) in [4.78, 5) is 26.3. The van der Waals surface area contributed by atoms with Gasteiger partial charge in [-0.05, 0) is 48.6 Å². The van der Waals surface area contributed by atoms with E-state index in [0.29, 0.717) is 48.6 Å². The number of aromatic amines is 1. The van der Waals surface area contributed by atoms with E-state index in [9.17, 15) is 22.4 Å². The molecule has 2 aliphatic rings. The number of halogens is 4. The molecule has 1 unspecified atom stereocenters. The second kappa shape index (κ2) is 8.65. The van der Waals surface area contributed by atoms with Gasteiger partial charge in [0.15, 0.2) is 0 Å². The van der Waals surface area contributed by atoms with Crippen molar-refractivity contribution in [1.82, 2.24) is 25.2 Å². The first-order valence-electron chi connectivity index (χ1n) is 11.4. The minimum Gasteiger partial charge on any atom is -0.351 e. The highest BCUT2D eigenvalue weighted by atomic mass is 19.4. The second-order valence-corrected chi connectivity index (χ2v) is 9.48. The number of rotatable bonds is 7. The average molecular weight is 475 g/mol. The first-order chi connectivity index (χ1) is 16.2. The van der Waals surface area contributed by atoms with E-state index in [1.165, 1.54) is 18.6 Å². The zero-order valence-electron chi connectivity index (χ0n) is 18.5. The molecule has 0 bridgehead atoms. The molecule has 34 heavy (non-hydrogen) atoms. The van der Waals surface area contributed by atoms with E-state index in [2.05, 4.69) is 25.2 Å². The fourth-order valence-corrected chi connectivity index (χ4v) is 4.95. The molecule has 1 aliphatic carbocycles. The summed E-state index contributed by atoms with van der Waals surface area (Å²) < 4.78 is 53.0. The number of hydrogen-bond donors (Lipinski definition) is 2. The Kier molecular flexibility index (Phi) is 5.79. The predicted molar refractivity (Wildman–Crippen MR) is 117 cm³/mol. The van der Waals surface area contributed by atoms with Crippen molar-refractivity contribution < 1.29 is 22.4 Å². The highest BCUT2D eigenvalue weighted by Gasteiger charge is 2.47. The van der Waals surface area contributed by atoms with Crippen LogP contribution in [0.3, 0.4) is 0 Å². The molecule has 1 amide bonds. The van der Waals surface area contributed by atoms with E-state index in [4.69, 9.17) is 0 Å². The lowest BCUT2D eigenvalue weighted by Crippen LogP contribution is -2.43. The topological polar surface area (TPSA) is 73.9 Å². The smallest absolute Gasteiger partial charge is 0.351 e. The highest BCUT2D eigenvalue weighted by molar-refractivity contribution is 5.83. The molecule has 1 saturated carbocycles. The minimum atomic E-state index is -4.48. The Balaban J connectivity index is 1.29. The summed E-state index contributed by atoms with van der Waals surface area (Å²) in [5.41, 5.74) is 0.723. The van der Waals surface area contributed by atoms with E-state index in [1.807, 2.05) is 0 Å². The number of carbonyl (C=O) groups excluding carboxylic acids is 1. The molecule has 2 N–H and O–H groups in total. The molecule has 180 valence electrons. The van der Waals surface area contributed by atoms with Crippen LogP contribution >= 0.6 is 0 Å². The molecule has 1 atom stereocenters. The molecular formula is C24H25F4N5O. The molecule has 6 nitrogen and oxygen atoms in total. The number of hydrogen-bond acceptors (Lipinski definition) is 4. The van der Waals surface area contributed by atoms with Crippen molar-refractivity contribution in [3.05, 3.63) is 59.4 Å². The molecule has 5 rings (SSSR count). The Bertz CT molecular complexity index is 1210. The molecule has 2 aromatic heterocycles. The zero-order valence-corrected chi connectivity index (χ0v) is 18.5. The minimum absolute atomic E-state index is 0.00593. The van der Waals surface area contributed by atoms with Crippen molar-refractivity contribution in [2.24, 2.45) is 11.3 Å². The molecule has 2 fully saturated rings. The van der Waals surface area contributed by atoms with Crippen LogP contribution in [0.2, 0.25) is 0 Å². The Labute approximate surface area is 193 Å². The Morgan fingerprint density at radius 3 is 2.85 bits per heavy atom. The van der Waals surface area contributed by atoms with Gasteiger partial charge in [0.25, 0.3) is 0 Å². The van der Waals surface area contributed by atoms with Crippen LogP contribution in [0.25, 0.3) is 11.0 Å². The van der Waals surface area contributed by atoms with Gasteiger partial charge in [-0.2, -0.15) is 13.2 Å². The number of alkyl halides is 3. The Morgan fingerprint density at radius 1 is 1.26 bits per heavy atom. The molecular weight excluding hydrogens is 450 g/mol. The van der Waals surface area contributed by atoms with Gasteiger partial charge in [0.2, 0.25) is 5.91 Å². The van der Waals surface area contributed by atoms with Crippen molar-refractivity contribution in [3.63, 3.8) is 0 Å². The molecule has 3 aromatic rings. The lowest BCUT2D eigenvalue weighted by molar-refractivity contribution is -0.137. The van der Waals surface area contributed by atoms with Crippen LogP contribution in [0.4, 0.5) is 17.6 Å². The largest absolute Gasteiger partial charge is 0.417 e. The molecule has 0 radical (unpaired) electrons. The van der Waals surface area contributed by atoms with Crippen LogP contribution in [-0.2, 0) is 24.1 Å². The number of aromatic nitrogens is 3. The fourth-order valence-electron chi connectivity index (χ4n) is 4.95. The average Bonchev–Trinajstić information content (AvgIpc) is 3.30. The van der Waals surface area contributed by atoms with Crippen LogP contribution in [0.1, 0.15) is 42.4 Å². The van der Waals surface area contributed by atoms with Gasteiger partial charge in [-0.3, -0.25) is 14.7 Å². The number of imidazole rings is 1. The van der Waals surface area contributed by atoms with Crippen LogP contribution in [0.15, 0.2) is 36.9 Å². The van der Waals surface area contributed by atoms with Gasteiger partial charge in [0, 0.05) is 32.0 Å². The summed E-state index contributed by atoms with van der Waals surface area (Å²) in [5, 5.41) is 2.87. The van der Waals surface area contributed by atoms with E-state index < -0.39 is 17.2 Å². The van der Waals surface area contributed by atoms with Gasteiger partial charge >= 0.3 is 6.18 Å². The maximum atomic E-state index is 14.0. The van der Waals surface area contributed by atoms with E-state index >= 15 is 0 Å². The third-order valence-corrected chi connectivity index (χ3v) is 6.87. The SMILES string of the molecule is O=C(NCc1cncc(C(F)(F)F)c1)C1(CC2CC2)CCN(Cc2ccc(F)c3[nH]cnc23)C1. The third-order valence-electron chi connectivity index (χ3n) is 6.87. The summed E-state index contributed by atoms with van der Waals surface area (Å²) in [6.45, 7) is 1.78. The first-order valence-corrected chi connectivity index (χ1v) is 11.4. The van der Waals surface area contributed by atoms with Crippen molar-refractivity contribution >= 4 is 16.9 Å². The van der Waals surface area contributed by atoms with Gasteiger partial charge in [0.1, 0.15) is 11.3 Å². The quantitative estimate of drug-likeness (QED) is 0.496. The lowest BCUT2D eigenvalue weighted by atomic mass is 9.80. The van der Waals surface area contributed by atoms with E-state index in [1.54, 1.807) is 6.07 Å². The van der Waals surface area contributed by atoms with Crippen molar-refractivity contribution in [3.8, 4) is 0 Å². The van der Waals surface area contributed by atoms with Gasteiger partial charge in [0.05, 0.1) is 22.8 Å². The second-order valence-electron chi connectivity index (χ2n) is 9.48. The van der Waals surface area contributed by atoms with Crippen molar-refractivity contribution in [2.45, 2.75) is 44.9 Å². The maximum Gasteiger partial charge on any atom is 0.417 e. The number of benzene rings is 1. The Hall–Kier alpha value is -3.01. The van der Waals surface area contributed by atoms with Gasteiger partial charge in [-0.1, -0.05) is 18.9 Å². The summed E-state index contributed by atoms with van der Waals surface area (Å²) >= 11 is 0. The number of H-pyrrole nitrogens is 1. The number of nitrogens with zero attached hydrogens (tertiary/aromatic N) is 3. The third kappa shape index (κ3) is 4.64. The van der Waals surface area contributed by atoms with Crippen LogP contribution < -0.4 is 5.32 Å². The lowest BCUT2D eigenvalue weighted by Gasteiger charge is -2.28. The zero-order chi connectivity index (χ0) is 23.9. The molecule has 0 spiro atoms. The predicted octanol–water partition coefficient (Wildman–Crippen LogP) is 4.42. The number of nitrogens with one attached hydrogen (secondary N) is 2. The number of amides is 1. The van der Waals surface area contributed by atoms with E-state index in [-0.39, 0.29) is 18.3 Å². The summed E-state index contributed by atoms with van der Waals surface area (Å²) in [6.07, 6.45) is 2.73. The van der Waals surface area contributed by atoms with Gasteiger partial charge in [-0.15, -0.1) is 0 Å². The van der Waals surface area contributed by atoms with Crippen molar-refractivity contribution in [2.75, 3.05) is 13.1 Å². The number of fused-ring (bicyclic) bond motifs is 1. The molecule has 1 aromatic carbocycles. The fraction of sp³-hybridized carbons (Fsp3) is 0.458. The number of likely N-dealkylation sites (tertiary alicyclic amines) is 1. The molecule has 10 heteroatoms. The molecule has 1 aliphatic heterocycles. The maximum absolute atomic E-state index is 14.0. The standard InChI is InChI=1S/C24H25F4N5O/c25-19-4-3-17(20-21(19)32-14-31-20)12-33-6-5-23(13-33,8-15-1-2-15)22(34)30-10-16-7-18(11-29-9-16)24(26,27)28/h3-4,7,9,11,14-15H,1-2,5-6,8,10,12-13H2,(H,30,34)(H,31,32). The molecule has 3 heterocycles. The van der Waals surface area contributed by atoms with Gasteiger partial charge < -0.3 is 10.3 Å². The normalized spacial score (nSPS) is 21.3. The summed E-state index contributed by atoms with van der Waals surface area (Å²) in [5.74, 6) is 0.0114. The van der Waals surface area contributed by atoms with Crippen LogP contribution in [0.5, 0.6) is 0 Å². The van der Waals surface area contributed by atoms with Crippen LogP contribution in [0, 0.1) is 17.2 Å². The van der Waals surface area contributed by atoms with Crippen molar-refractivity contribution in [1.29, 1.82) is 0 Å². The first kappa shape index (κ1) is 22.8. The number of pyridine rings is 1. The Morgan fingerprint density at radius 2 is 2.09 bits per heavy atom.